The molecule has 0 aromatic carbocycles. The maximum Gasteiger partial charge on any atom is 0.573 e. The number of hydrogen-bond donors (Lipinski definition) is 2. The predicted octanol–water partition coefficient (Wildman–Crippen LogP) is 2.10. The fourth-order valence-corrected chi connectivity index (χ4v) is 4.65. The first-order valence-electron chi connectivity index (χ1n) is 8.22. The smallest absolute Gasteiger partial charge is 0.469 e. The number of amides is 1. The molecule has 2 N–H and O–H groups in total. The SMILES string of the molecule is COC(=O)CCNC(=O)[C@@H]1O[P+](O)(OCCc2cccs2)OCC1(C)C. The Labute approximate surface area is 157 Å². The van der Waals surface area contributed by atoms with E-state index in [9.17, 15) is 14.5 Å². The highest BCUT2D eigenvalue weighted by Gasteiger charge is 2.59. The number of methoxy groups -OCH3 is 1. The van der Waals surface area contributed by atoms with E-state index in [0.29, 0.717) is 6.42 Å². The third kappa shape index (κ3) is 5.97. The van der Waals surface area contributed by atoms with Gasteiger partial charge in [-0.25, -0.2) is 0 Å². The molecule has 1 aromatic heterocycles. The Balaban J connectivity index is 1.89. The van der Waals surface area contributed by atoms with Crippen molar-refractivity contribution in [2.24, 2.45) is 5.41 Å². The van der Waals surface area contributed by atoms with Crippen molar-refractivity contribution in [2.75, 3.05) is 26.9 Å². The maximum atomic E-state index is 12.4. The molecule has 146 valence electrons. The van der Waals surface area contributed by atoms with E-state index < -0.39 is 31.6 Å². The fourth-order valence-electron chi connectivity index (χ4n) is 2.30. The summed E-state index contributed by atoms with van der Waals surface area (Å²) in [7, 11) is -2.29. The van der Waals surface area contributed by atoms with Crippen molar-refractivity contribution in [2.45, 2.75) is 32.8 Å². The van der Waals surface area contributed by atoms with Crippen LogP contribution in [0.5, 0.6) is 0 Å². The van der Waals surface area contributed by atoms with Crippen molar-refractivity contribution in [3.63, 3.8) is 0 Å². The maximum absolute atomic E-state index is 12.4. The molecule has 10 heteroatoms. The van der Waals surface area contributed by atoms with E-state index in [4.69, 9.17) is 13.6 Å². The molecule has 1 unspecified atom stereocenters. The average Bonchev–Trinajstić information content (AvgIpc) is 3.10. The van der Waals surface area contributed by atoms with Crippen LogP contribution in [0.1, 0.15) is 25.1 Å². The molecule has 0 bridgehead atoms. The number of thiophene rings is 1. The largest absolute Gasteiger partial charge is 0.573 e. The van der Waals surface area contributed by atoms with Crippen LogP contribution in [0, 0.1) is 5.41 Å². The molecule has 1 aromatic rings. The van der Waals surface area contributed by atoms with Gasteiger partial charge in [0.25, 0.3) is 5.91 Å². The summed E-state index contributed by atoms with van der Waals surface area (Å²) in [4.78, 5) is 35.2. The summed E-state index contributed by atoms with van der Waals surface area (Å²) in [5, 5.41) is 4.58. The summed E-state index contributed by atoms with van der Waals surface area (Å²) in [5.41, 5.74) is -0.654. The molecule has 0 saturated carbocycles. The van der Waals surface area contributed by atoms with Crippen molar-refractivity contribution in [1.82, 2.24) is 5.32 Å². The molecule has 1 amide bonds. The van der Waals surface area contributed by atoms with E-state index in [2.05, 4.69) is 10.1 Å². The summed E-state index contributed by atoms with van der Waals surface area (Å²) in [6, 6.07) is 3.91. The van der Waals surface area contributed by atoms with Gasteiger partial charge in [-0.1, -0.05) is 19.9 Å². The first-order chi connectivity index (χ1) is 12.3. The molecule has 0 radical (unpaired) electrons. The number of carbonyl (C=O) groups excluding carboxylic acids is 2. The third-order valence-corrected chi connectivity index (χ3v) is 6.20. The number of nitrogens with one attached hydrogen (secondary N) is 1. The number of ether oxygens (including phenoxy) is 1. The molecule has 0 spiro atoms. The van der Waals surface area contributed by atoms with Crippen LogP contribution < -0.4 is 5.32 Å². The predicted molar refractivity (Wildman–Crippen MR) is 97.4 cm³/mol. The van der Waals surface area contributed by atoms with Gasteiger partial charge < -0.3 is 10.1 Å². The van der Waals surface area contributed by atoms with E-state index in [1.807, 2.05) is 17.5 Å². The third-order valence-electron chi connectivity index (χ3n) is 3.83. The molecule has 8 nitrogen and oxygen atoms in total. The standard InChI is InChI=1S/C16H24NO7PS/c1-16(2)11-23-25(20,22-9-7-12-5-4-10-26-12)24-14(16)15(19)17-8-6-13(18)21-3/h4-5,10,14,20H,6-9,11H2,1-3H3/p+1/t14-,25?/m0/s1. The average molecular weight is 406 g/mol. The van der Waals surface area contributed by atoms with Gasteiger partial charge in [0.2, 0.25) is 0 Å². The monoisotopic (exact) mass is 406 g/mol. The summed E-state index contributed by atoms with van der Waals surface area (Å²) < 4.78 is 20.9. The van der Waals surface area contributed by atoms with E-state index in [1.54, 1.807) is 25.2 Å². The lowest BCUT2D eigenvalue weighted by molar-refractivity contribution is -0.144. The van der Waals surface area contributed by atoms with Crippen LogP contribution in [-0.2, 0) is 34.3 Å². The van der Waals surface area contributed by atoms with Gasteiger partial charge in [-0.2, -0.15) is 13.9 Å². The first kappa shape index (κ1) is 21.2. The van der Waals surface area contributed by atoms with Gasteiger partial charge in [0.15, 0.2) is 6.10 Å². The molecule has 26 heavy (non-hydrogen) atoms. The molecule has 2 atom stereocenters. The minimum absolute atomic E-state index is 0.0581. The molecule has 2 heterocycles. The summed E-state index contributed by atoms with van der Waals surface area (Å²) >= 11 is 1.59. The highest BCUT2D eigenvalue weighted by atomic mass is 32.1. The van der Waals surface area contributed by atoms with E-state index in [0.717, 1.165) is 4.88 Å². The van der Waals surface area contributed by atoms with Crippen LogP contribution >= 0.6 is 19.5 Å². The second-order valence-electron chi connectivity index (χ2n) is 6.50. The van der Waals surface area contributed by atoms with Crippen molar-refractivity contribution >= 4 is 31.4 Å². The summed E-state index contributed by atoms with van der Waals surface area (Å²) in [6.45, 7) is 4.06. The lowest BCUT2D eigenvalue weighted by Crippen LogP contribution is -2.50. The second kappa shape index (κ2) is 9.21. The van der Waals surface area contributed by atoms with Gasteiger partial charge >= 0.3 is 14.1 Å². The highest BCUT2D eigenvalue weighted by molar-refractivity contribution is 7.55. The summed E-state index contributed by atoms with van der Waals surface area (Å²) in [5.74, 6) is -0.846. The van der Waals surface area contributed by atoms with Crippen LogP contribution in [0.4, 0.5) is 0 Å². The van der Waals surface area contributed by atoms with Crippen LogP contribution in [0.25, 0.3) is 0 Å². The van der Waals surface area contributed by atoms with Gasteiger partial charge in [0, 0.05) is 23.3 Å². The van der Waals surface area contributed by atoms with Crippen LogP contribution in [0.15, 0.2) is 17.5 Å². The van der Waals surface area contributed by atoms with Crippen LogP contribution in [-0.4, -0.2) is 49.7 Å². The first-order valence-corrected chi connectivity index (χ1v) is 10.6. The Morgan fingerprint density at radius 1 is 1.50 bits per heavy atom. The van der Waals surface area contributed by atoms with E-state index >= 15 is 0 Å². The Hall–Kier alpha value is -1.09. The van der Waals surface area contributed by atoms with Crippen LogP contribution in [0.3, 0.4) is 0 Å². The minimum Gasteiger partial charge on any atom is -0.469 e. The van der Waals surface area contributed by atoms with Crippen LogP contribution in [0.2, 0.25) is 0 Å². The Kier molecular flexibility index (Phi) is 7.52. The lowest BCUT2D eigenvalue weighted by Gasteiger charge is -2.36. The zero-order valence-corrected chi connectivity index (χ0v) is 16.8. The van der Waals surface area contributed by atoms with Gasteiger partial charge in [-0.3, -0.25) is 9.59 Å². The molecule has 1 aliphatic heterocycles. The highest BCUT2D eigenvalue weighted by Crippen LogP contribution is 2.63. The molecule has 1 saturated heterocycles. The van der Waals surface area contributed by atoms with Crippen molar-refractivity contribution < 1.29 is 32.8 Å². The van der Waals surface area contributed by atoms with Crippen molar-refractivity contribution in [3.05, 3.63) is 22.4 Å². The Morgan fingerprint density at radius 3 is 2.92 bits per heavy atom. The number of rotatable bonds is 8. The van der Waals surface area contributed by atoms with Crippen molar-refractivity contribution in [1.29, 1.82) is 0 Å². The van der Waals surface area contributed by atoms with E-state index in [-0.39, 0.29) is 26.2 Å². The molecular weight excluding hydrogens is 381 g/mol. The number of esters is 1. The lowest BCUT2D eigenvalue weighted by atomic mass is 9.87. The molecule has 0 aliphatic carbocycles. The molecule has 2 rings (SSSR count). The van der Waals surface area contributed by atoms with Gasteiger partial charge in [-0.05, 0) is 11.4 Å². The Bertz CT molecular complexity index is 610. The second-order valence-corrected chi connectivity index (χ2v) is 9.19. The molecule has 1 fully saturated rings. The topological polar surface area (TPSA) is 103 Å². The number of hydrogen-bond acceptors (Lipinski definition) is 8. The van der Waals surface area contributed by atoms with Crippen molar-refractivity contribution in [3.8, 4) is 0 Å². The fraction of sp³-hybridized carbons (Fsp3) is 0.625. The van der Waals surface area contributed by atoms with E-state index in [1.165, 1.54) is 7.11 Å². The van der Waals surface area contributed by atoms with Gasteiger partial charge in [0.1, 0.15) is 13.2 Å². The zero-order valence-electron chi connectivity index (χ0n) is 15.1. The summed E-state index contributed by atoms with van der Waals surface area (Å²) in [6.07, 6.45) is -0.275. The van der Waals surface area contributed by atoms with Gasteiger partial charge in [-0.15, -0.1) is 15.9 Å². The van der Waals surface area contributed by atoms with Gasteiger partial charge in [0.05, 0.1) is 13.5 Å². The zero-order chi connectivity index (χ0) is 19.2. The minimum atomic E-state index is -3.58. The Morgan fingerprint density at radius 2 is 2.27 bits per heavy atom. The normalized spacial score (nSPS) is 24.8. The molecular formula is C16H25NO7PS+. The number of carbonyl (C=O) groups is 2. The molecule has 1 aliphatic rings. The quantitative estimate of drug-likeness (QED) is 0.503.